The molecule has 3 N–H and O–H groups in total. The summed E-state index contributed by atoms with van der Waals surface area (Å²) in [6.07, 6.45) is 0. The Hall–Kier alpha value is -1.93. The second-order valence-corrected chi connectivity index (χ2v) is 7.66. The van der Waals surface area contributed by atoms with Crippen LogP contribution in [0.3, 0.4) is 0 Å². The second-order valence-electron chi connectivity index (χ2n) is 5.90. The molecule has 0 saturated carbocycles. The zero-order chi connectivity index (χ0) is 19.0. The van der Waals surface area contributed by atoms with Gasteiger partial charge in [0.05, 0.1) is 4.90 Å². The van der Waals surface area contributed by atoms with Crippen LogP contribution in [0.25, 0.3) is 0 Å². The van der Waals surface area contributed by atoms with Crippen molar-refractivity contribution in [3.63, 3.8) is 0 Å². The maximum absolute atomic E-state index is 12.5. The Labute approximate surface area is 167 Å². The summed E-state index contributed by atoms with van der Waals surface area (Å²) < 4.78 is 27.6. The van der Waals surface area contributed by atoms with Crippen LogP contribution in [0.5, 0.6) is 0 Å². The molecule has 6 nitrogen and oxygen atoms in total. The monoisotopic (exact) mass is 411 g/mol. The standard InChI is InChI=1S/C19H25N3O3S.ClH/c1-3-20-11-12-21-19(23)18-13-17(10-9-15(18)2)26(24,25)22-14-16-7-5-4-6-8-16;/h4-10,13,20,22H,3,11-12,14H2,1-2H3,(H,21,23);1H. The van der Waals surface area contributed by atoms with Gasteiger partial charge in [0.25, 0.3) is 5.91 Å². The molecule has 0 heterocycles. The van der Waals surface area contributed by atoms with Crippen molar-refractivity contribution in [3.8, 4) is 0 Å². The Kier molecular flexibility index (Phi) is 9.45. The number of aryl methyl sites for hydroxylation is 1. The van der Waals surface area contributed by atoms with Crippen molar-refractivity contribution < 1.29 is 13.2 Å². The van der Waals surface area contributed by atoms with Crippen LogP contribution in [0.1, 0.15) is 28.4 Å². The van der Waals surface area contributed by atoms with E-state index in [4.69, 9.17) is 0 Å². The normalized spacial score (nSPS) is 10.9. The molecule has 27 heavy (non-hydrogen) atoms. The number of amides is 1. The lowest BCUT2D eigenvalue weighted by atomic mass is 10.1. The molecule has 0 aromatic heterocycles. The third-order valence-electron chi connectivity index (χ3n) is 3.91. The molecule has 0 unspecified atom stereocenters. The zero-order valence-corrected chi connectivity index (χ0v) is 17.1. The molecule has 0 saturated heterocycles. The summed E-state index contributed by atoms with van der Waals surface area (Å²) in [7, 11) is -3.70. The van der Waals surface area contributed by atoms with E-state index in [9.17, 15) is 13.2 Å². The number of carbonyl (C=O) groups is 1. The minimum absolute atomic E-state index is 0. The summed E-state index contributed by atoms with van der Waals surface area (Å²) in [5.41, 5.74) is 1.96. The summed E-state index contributed by atoms with van der Waals surface area (Å²) in [4.78, 5) is 12.4. The maximum atomic E-state index is 12.5. The average Bonchev–Trinajstić information content (AvgIpc) is 2.64. The highest BCUT2D eigenvalue weighted by Crippen LogP contribution is 2.16. The van der Waals surface area contributed by atoms with Crippen LogP contribution in [0.2, 0.25) is 0 Å². The number of hydrogen-bond donors (Lipinski definition) is 3. The predicted molar refractivity (Wildman–Crippen MR) is 110 cm³/mol. The quantitative estimate of drug-likeness (QED) is 0.552. The topological polar surface area (TPSA) is 87.3 Å². The molecular weight excluding hydrogens is 386 g/mol. The van der Waals surface area contributed by atoms with Crippen molar-refractivity contribution >= 4 is 28.3 Å². The van der Waals surface area contributed by atoms with Crippen molar-refractivity contribution in [2.75, 3.05) is 19.6 Å². The molecule has 0 fully saturated rings. The minimum Gasteiger partial charge on any atom is -0.351 e. The molecule has 2 aromatic carbocycles. The first-order valence-corrected chi connectivity index (χ1v) is 10.1. The summed E-state index contributed by atoms with van der Waals surface area (Å²) >= 11 is 0. The summed E-state index contributed by atoms with van der Waals surface area (Å²) in [5, 5.41) is 5.91. The first-order chi connectivity index (χ1) is 12.4. The highest BCUT2D eigenvalue weighted by molar-refractivity contribution is 7.89. The van der Waals surface area contributed by atoms with Gasteiger partial charge in [0.15, 0.2) is 0 Å². The Balaban J connectivity index is 0.00000364. The van der Waals surface area contributed by atoms with E-state index < -0.39 is 10.0 Å². The van der Waals surface area contributed by atoms with Gasteiger partial charge in [-0.25, -0.2) is 13.1 Å². The van der Waals surface area contributed by atoms with Crippen LogP contribution < -0.4 is 15.4 Å². The van der Waals surface area contributed by atoms with E-state index in [1.54, 1.807) is 13.0 Å². The van der Waals surface area contributed by atoms with Gasteiger partial charge >= 0.3 is 0 Å². The van der Waals surface area contributed by atoms with Gasteiger partial charge in [-0.05, 0) is 36.7 Å². The highest BCUT2D eigenvalue weighted by atomic mass is 35.5. The Bertz CT molecular complexity index is 843. The van der Waals surface area contributed by atoms with Crippen molar-refractivity contribution in [3.05, 3.63) is 65.2 Å². The number of carbonyl (C=O) groups excluding carboxylic acids is 1. The van der Waals surface area contributed by atoms with Crippen molar-refractivity contribution in [2.24, 2.45) is 0 Å². The number of benzene rings is 2. The van der Waals surface area contributed by atoms with Crippen LogP contribution in [0.4, 0.5) is 0 Å². The van der Waals surface area contributed by atoms with Crippen LogP contribution in [0.15, 0.2) is 53.4 Å². The molecule has 2 rings (SSSR count). The van der Waals surface area contributed by atoms with Crippen molar-refractivity contribution in [1.29, 1.82) is 0 Å². The number of nitrogens with one attached hydrogen (secondary N) is 3. The van der Waals surface area contributed by atoms with Gasteiger partial charge in [0, 0.05) is 25.2 Å². The van der Waals surface area contributed by atoms with Crippen molar-refractivity contribution in [1.82, 2.24) is 15.4 Å². The molecule has 0 aliphatic carbocycles. The van der Waals surface area contributed by atoms with Gasteiger partial charge in [-0.1, -0.05) is 43.3 Å². The molecular formula is C19H26ClN3O3S. The summed E-state index contributed by atoms with van der Waals surface area (Å²) in [6, 6.07) is 13.9. The van der Waals surface area contributed by atoms with Gasteiger partial charge in [0.1, 0.15) is 0 Å². The minimum atomic E-state index is -3.70. The van der Waals surface area contributed by atoms with Gasteiger partial charge in [-0.2, -0.15) is 0 Å². The second kappa shape index (κ2) is 11.0. The van der Waals surface area contributed by atoms with Crippen LogP contribution >= 0.6 is 12.4 Å². The molecule has 1 amide bonds. The molecule has 2 aromatic rings. The van der Waals surface area contributed by atoms with E-state index in [0.717, 1.165) is 17.7 Å². The van der Waals surface area contributed by atoms with Gasteiger partial charge < -0.3 is 10.6 Å². The van der Waals surface area contributed by atoms with Crippen LogP contribution in [-0.4, -0.2) is 34.0 Å². The Morgan fingerprint density at radius 1 is 1.04 bits per heavy atom. The lowest BCUT2D eigenvalue weighted by Crippen LogP contribution is -2.32. The highest BCUT2D eigenvalue weighted by Gasteiger charge is 2.17. The first-order valence-electron chi connectivity index (χ1n) is 8.57. The van der Waals surface area contributed by atoms with Gasteiger partial charge in [0.2, 0.25) is 10.0 Å². The number of halogens is 1. The largest absolute Gasteiger partial charge is 0.351 e. The van der Waals surface area contributed by atoms with Crippen LogP contribution in [0, 0.1) is 6.92 Å². The number of rotatable bonds is 9. The molecule has 148 valence electrons. The van der Waals surface area contributed by atoms with Crippen LogP contribution in [-0.2, 0) is 16.6 Å². The Morgan fingerprint density at radius 3 is 2.41 bits per heavy atom. The average molecular weight is 412 g/mol. The summed E-state index contributed by atoms with van der Waals surface area (Å²) in [6.45, 7) is 5.94. The number of sulfonamides is 1. The first kappa shape index (κ1) is 23.1. The fraction of sp³-hybridized carbons (Fsp3) is 0.316. The summed E-state index contributed by atoms with van der Waals surface area (Å²) in [5.74, 6) is -0.277. The van der Waals surface area contributed by atoms with E-state index in [2.05, 4.69) is 15.4 Å². The molecule has 8 heteroatoms. The van der Waals surface area contributed by atoms with Gasteiger partial charge in [-0.3, -0.25) is 4.79 Å². The van der Waals surface area contributed by atoms with Gasteiger partial charge in [-0.15, -0.1) is 12.4 Å². The SMILES string of the molecule is CCNCCNC(=O)c1cc(S(=O)(=O)NCc2ccccc2)ccc1C.Cl. The maximum Gasteiger partial charge on any atom is 0.251 e. The van der Waals surface area contributed by atoms with E-state index in [1.807, 2.05) is 37.3 Å². The lowest BCUT2D eigenvalue weighted by molar-refractivity contribution is 0.0953. The van der Waals surface area contributed by atoms with E-state index >= 15 is 0 Å². The van der Waals surface area contributed by atoms with E-state index in [-0.39, 0.29) is 29.8 Å². The lowest BCUT2D eigenvalue weighted by Gasteiger charge is -2.11. The zero-order valence-electron chi connectivity index (χ0n) is 15.5. The molecule has 0 spiro atoms. The molecule has 0 radical (unpaired) electrons. The number of hydrogen-bond acceptors (Lipinski definition) is 4. The fourth-order valence-electron chi connectivity index (χ4n) is 2.41. The predicted octanol–water partition coefficient (Wildman–Crippen LogP) is 2.23. The third kappa shape index (κ3) is 6.95. The molecule has 0 aliphatic heterocycles. The molecule has 0 aliphatic rings. The fourth-order valence-corrected chi connectivity index (χ4v) is 3.45. The van der Waals surface area contributed by atoms with E-state index in [0.29, 0.717) is 18.7 Å². The molecule has 0 atom stereocenters. The third-order valence-corrected chi connectivity index (χ3v) is 5.31. The number of likely N-dealkylation sites (N-methyl/N-ethyl adjacent to an activating group) is 1. The van der Waals surface area contributed by atoms with E-state index in [1.165, 1.54) is 12.1 Å². The molecule has 0 bridgehead atoms. The Morgan fingerprint density at radius 2 is 1.74 bits per heavy atom. The smallest absolute Gasteiger partial charge is 0.251 e. The van der Waals surface area contributed by atoms with Crippen molar-refractivity contribution in [2.45, 2.75) is 25.3 Å².